The smallest absolute Gasteiger partial charge is 0.0971 e. The Morgan fingerprint density at radius 2 is 1.91 bits per heavy atom. The van der Waals surface area contributed by atoms with Crippen molar-refractivity contribution in [3.8, 4) is 5.69 Å². The summed E-state index contributed by atoms with van der Waals surface area (Å²) in [7, 11) is 0. The lowest BCUT2D eigenvalue weighted by Crippen LogP contribution is -2.43. The molecule has 0 bridgehead atoms. The van der Waals surface area contributed by atoms with Gasteiger partial charge in [-0.1, -0.05) is 16.8 Å². The minimum absolute atomic E-state index is 0.719. The highest BCUT2D eigenvalue weighted by atomic mass is 35.5. The Labute approximate surface area is 135 Å². The molecule has 0 unspecified atom stereocenters. The molecule has 0 N–H and O–H groups in total. The normalized spacial score (nSPS) is 16.5. The lowest BCUT2D eigenvalue weighted by atomic mass is 10.3. The van der Waals surface area contributed by atoms with Crippen LogP contribution in [0.5, 0.6) is 0 Å². The number of hydrogen-bond donors (Lipinski definition) is 0. The summed E-state index contributed by atoms with van der Waals surface area (Å²) < 4.78 is 1.78. The monoisotopic (exact) mass is 318 g/mol. The number of nitrogens with zero attached hydrogens (tertiary/aromatic N) is 6. The first-order chi connectivity index (χ1) is 10.7. The van der Waals surface area contributed by atoms with Crippen LogP contribution >= 0.6 is 11.6 Å². The van der Waals surface area contributed by atoms with Crippen molar-refractivity contribution in [1.29, 1.82) is 0 Å². The van der Waals surface area contributed by atoms with E-state index in [1.807, 2.05) is 43.6 Å². The second-order valence-electron chi connectivity index (χ2n) is 5.23. The minimum atomic E-state index is 0.719. The van der Waals surface area contributed by atoms with Gasteiger partial charge in [-0.25, -0.2) is 4.68 Å². The molecule has 2 heterocycles. The van der Waals surface area contributed by atoms with E-state index in [9.17, 15) is 0 Å². The molecule has 3 rings (SSSR count). The summed E-state index contributed by atoms with van der Waals surface area (Å²) in [6.45, 7) is 6.65. The fraction of sp³-hybridized carbons (Fsp3) is 0.400. The fourth-order valence-electron chi connectivity index (χ4n) is 2.49. The third-order valence-corrected chi connectivity index (χ3v) is 3.90. The molecule has 7 heteroatoms. The largest absolute Gasteiger partial charge is 0.295 e. The molecule has 6 nitrogen and oxygen atoms in total. The zero-order chi connectivity index (χ0) is 15.4. The minimum Gasteiger partial charge on any atom is -0.295 e. The number of hydrazone groups is 1. The highest BCUT2D eigenvalue weighted by Gasteiger charge is 2.16. The van der Waals surface area contributed by atoms with Gasteiger partial charge in [0.2, 0.25) is 0 Å². The topological polar surface area (TPSA) is 49.5 Å². The average Bonchev–Trinajstić information content (AvgIpc) is 2.99. The van der Waals surface area contributed by atoms with E-state index in [4.69, 9.17) is 11.6 Å². The van der Waals surface area contributed by atoms with Crippen molar-refractivity contribution in [1.82, 2.24) is 24.9 Å². The highest BCUT2D eigenvalue weighted by Crippen LogP contribution is 2.13. The van der Waals surface area contributed by atoms with Crippen molar-refractivity contribution in [2.45, 2.75) is 13.5 Å². The van der Waals surface area contributed by atoms with Crippen molar-refractivity contribution < 1.29 is 0 Å². The second kappa shape index (κ2) is 6.89. The Bertz CT molecular complexity index is 628. The molecule has 0 saturated carbocycles. The van der Waals surface area contributed by atoms with Crippen LogP contribution in [0.15, 0.2) is 35.6 Å². The van der Waals surface area contributed by atoms with Gasteiger partial charge in [-0.15, -0.1) is 5.10 Å². The van der Waals surface area contributed by atoms with Gasteiger partial charge in [0, 0.05) is 44.0 Å². The SMILES string of the molecule is C/C=N/N1CCN(Cc2cn(-c3ccc(Cl)cc3)nn2)CC1. The Hall–Kier alpha value is -1.92. The van der Waals surface area contributed by atoms with Crippen molar-refractivity contribution in [3.63, 3.8) is 0 Å². The Kier molecular flexibility index (Phi) is 4.70. The van der Waals surface area contributed by atoms with Gasteiger partial charge in [0.15, 0.2) is 0 Å². The van der Waals surface area contributed by atoms with Crippen molar-refractivity contribution in [2.75, 3.05) is 26.2 Å². The van der Waals surface area contributed by atoms with E-state index < -0.39 is 0 Å². The lowest BCUT2D eigenvalue weighted by molar-refractivity contribution is 0.130. The highest BCUT2D eigenvalue weighted by molar-refractivity contribution is 6.30. The van der Waals surface area contributed by atoms with Gasteiger partial charge < -0.3 is 0 Å². The zero-order valence-corrected chi connectivity index (χ0v) is 13.3. The molecular weight excluding hydrogens is 300 g/mol. The Morgan fingerprint density at radius 3 is 2.59 bits per heavy atom. The summed E-state index contributed by atoms with van der Waals surface area (Å²) in [6.07, 6.45) is 3.81. The summed E-state index contributed by atoms with van der Waals surface area (Å²) in [4.78, 5) is 2.37. The summed E-state index contributed by atoms with van der Waals surface area (Å²) >= 11 is 5.90. The van der Waals surface area contributed by atoms with Crippen LogP contribution in [0.2, 0.25) is 5.02 Å². The summed E-state index contributed by atoms with van der Waals surface area (Å²) in [5, 5.41) is 15.6. The molecule has 1 aromatic heterocycles. The van der Waals surface area contributed by atoms with Gasteiger partial charge in [0.05, 0.1) is 17.6 Å². The molecule has 1 saturated heterocycles. The van der Waals surface area contributed by atoms with Crippen LogP contribution in [0.1, 0.15) is 12.6 Å². The molecule has 0 atom stereocenters. The second-order valence-corrected chi connectivity index (χ2v) is 5.67. The number of benzene rings is 1. The predicted octanol–water partition coefficient (Wildman–Crippen LogP) is 2.04. The van der Waals surface area contributed by atoms with Crippen LogP contribution in [0, 0.1) is 0 Å². The number of halogens is 1. The van der Waals surface area contributed by atoms with Crippen LogP contribution in [0.25, 0.3) is 5.69 Å². The van der Waals surface area contributed by atoms with E-state index in [0.29, 0.717) is 0 Å². The molecule has 22 heavy (non-hydrogen) atoms. The van der Waals surface area contributed by atoms with E-state index in [0.717, 1.165) is 49.1 Å². The van der Waals surface area contributed by atoms with E-state index >= 15 is 0 Å². The molecule has 0 amide bonds. The van der Waals surface area contributed by atoms with E-state index in [-0.39, 0.29) is 0 Å². The molecule has 1 aliphatic heterocycles. The van der Waals surface area contributed by atoms with Crippen molar-refractivity contribution >= 4 is 17.8 Å². The lowest BCUT2D eigenvalue weighted by Gasteiger charge is -2.32. The van der Waals surface area contributed by atoms with Gasteiger partial charge in [-0.2, -0.15) is 5.10 Å². The molecule has 0 radical (unpaired) electrons. The third kappa shape index (κ3) is 3.64. The molecule has 1 fully saturated rings. The maximum absolute atomic E-state index is 5.90. The Morgan fingerprint density at radius 1 is 1.18 bits per heavy atom. The molecule has 1 aliphatic rings. The average molecular weight is 319 g/mol. The maximum atomic E-state index is 5.90. The molecule has 116 valence electrons. The Balaban J connectivity index is 1.59. The molecule has 0 spiro atoms. The summed E-state index contributed by atoms with van der Waals surface area (Å²) in [6, 6.07) is 7.57. The first kappa shape index (κ1) is 15.0. The third-order valence-electron chi connectivity index (χ3n) is 3.65. The van der Waals surface area contributed by atoms with Crippen molar-refractivity contribution in [2.24, 2.45) is 5.10 Å². The van der Waals surface area contributed by atoms with Crippen molar-refractivity contribution in [3.05, 3.63) is 41.2 Å². The zero-order valence-electron chi connectivity index (χ0n) is 12.6. The summed E-state index contributed by atoms with van der Waals surface area (Å²) in [5.74, 6) is 0. The predicted molar refractivity (Wildman–Crippen MR) is 87.4 cm³/mol. The van der Waals surface area contributed by atoms with Gasteiger partial charge in [0.1, 0.15) is 0 Å². The van der Waals surface area contributed by atoms with Gasteiger partial charge in [-0.05, 0) is 31.2 Å². The van der Waals surface area contributed by atoms with Gasteiger partial charge in [-0.3, -0.25) is 9.91 Å². The van der Waals surface area contributed by atoms with Crippen LogP contribution in [-0.2, 0) is 6.54 Å². The summed E-state index contributed by atoms with van der Waals surface area (Å²) in [5.41, 5.74) is 1.94. The van der Waals surface area contributed by atoms with Crippen LogP contribution in [0.4, 0.5) is 0 Å². The van der Waals surface area contributed by atoms with Crippen LogP contribution < -0.4 is 0 Å². The number of aromatic nitrogens is 3. The maximum Gasteiger partial charge on any atom is 0.0971 e. The van der Waals surface area contributed by atoms with E-state index in [1.54, 1.807) is 4.68 Å². The molecule has 0 aliphatic carbocycles. The quantitative estimate of drug-likeness (QED) is 0.810. The number of piperazine rings is 1. The van der Waals surface area contributed by atoms with Crippen LogP contribution in [0.3, 0.4) is 0 Å². The number of hydrogen-bond acceptors (Lipinski definition) is 5. The standard InChI is InChI=1S/C15H19ClN6/c1-2-17-21-9-7-20(8-10-21)11-14-12-22(19-18-14)15-5-3-13(16)4-6-15/h2-6,12H,7-11H2,1H3/b17-2+. The molecule has 2 aromatic rings. The van der Waals surface area contributed by atoms with E-state index in [2.05, 4.69) is 25.3 Å². The van der Waals surface area contributed by atoms with Gasteiger partial charge >= 0.3 is 0 Å². The first-order valence-corrected chi connectivity index (χ1v) is 7.75. The van der Waals surface area contributed by atoms with Crippen LogP contribution in [-0.4, -0.2) is 57.3 Å². The first-order valence-electron chi connectivity index (χ1n) is 7.37. The molecular formula is C15H19ClN6. The number of rotatable bonds is 4. The van der Waals surface area contributed by atoms with E-state index in [1.165, 1.54) is 0 Å². The molecule has 1 aromatic carbocycles. The fourth-order valence-corrected chi connectivity index (χ4v) is 2.62. The van der Waals surface area contributed by atoms with Gasteiger partial charge in [0.25, 0.3) is 0 Å².